The van der Waals surface area contributed by atoms with Crippen LogP contribution >= 0.6 is 0 Å². The molecule has 0 bridgehead atoms. The molecule has 1 saturated heterocycles. The van der Waals surface area contributed by atoms with E-state index in [0.717, 1.165) is 44.0 Å². The summed E-state index contributed by atoms with van der Waals surface area (Å²) in [6, 6.07) is 3.93. The van der Waals surface area contributed by atoms with Gasteiger partial charge in [0.2, 0.25) is 0 Å². The SMILES string of the molecule is CCCNc1cc(C(=O)NC2CCN(C)C2)cc(C)n1. The quantitative estimate of drug-likeness (QED) is 0.858. The van der Waals surface area contributed by atoms with Gasteiger partial charge in [0.15, 0.2) is 0 Å². The van der Waals surface area contributed by atoms with Gasteiger partial charge in [-0.2, -0.15) is 0 Å². The molecule has 5 heteroatoms. The summed E-state index contributed by atoms with van der Waals surface area (Å²) in [4.78, 5) is 18.9. The van der Waals surface area contributed by atoms with Crippen LogP contribution in [0.4, 0.5) is 5.82 Å². The number of nitrogens with one attached hydrogen (secondary N) is 2. The fraction of sp³-hybridized carbons (Fsp3) is 0.600. The minimum Gasteiger partial charge on any atom is -0.370 e. The zero-order chi connectivity index (χ0) is 14.5. The number of amides is 1. The number of carbonyl (C=O) groups is 1. The lowest BCUT2D eigenvalue weighted by Gasteiger charge is -2.14. The summed E-state index contributed by atoms with van der Waals surface area (Å²) in [7, 11) is 2.08. The van der Waals surface area contributed by atoms with Crippen LogP contribution in [-0.4, -0.2) is 48.5 Å². The van der Waals surface area contributed by atoms with Gasteiger partial charge in [0.05, 0.1) is 0 Å². The standard InChI is InChI=1S/C15H24N4O/c1-4-6-16-14-9-12(8-11(2)17-14)15(20)18-13-5-7-19(3)10-13/h8-9,13H,4-7,10H2,1-3H3,(H,16,17)(H,18,20). The first-order valence-corrected chi connectivity index (χ1v) is 7.30. The molecule has 2 N–H and O–H groups in total. The Morgan fingerprint density at radius 3 is 2.95 bits per heavy atom. The Morgan fingerprint density at radius 2 is 2.30 bits per heavy atom. The Hall–Kier alpha value is -1.62. The molecule has 1 unspecified atom stereocenters. The van der Waals surface area contributed by atoms with Gasteiger partial charge in [-0.25, -0.2) is 4.98 Å². The maximum atomic E-state index is 12.3. The molecule has 1 aromatic heterocycles. The molecule has 0 aromatic carbocycles. The number of nitrogens with zero attached hydrogens (tertiary/aromatic N) is 2. The van der Waals surface area contributed by atoms with Crippen LogP contribution in [0, 0.1) is 6.92 Å². The van der Waals surface area contributed by atoms with Crippen molar-refractivity contribution >= 4 is 11.7 Å². The van der Waals surface area contributed by atoms with Crippen LogP contribution < -0.4 is 10.6 Å². The van der Waals surface area contributed by atoms with E-state index in [0.29, 0.717) is 5.56 Å². The summed E-state index contributed by atoms with van der Waals surface area (Å²) in [5.74, 6) is 0.774. The molecule has 0 radical (unpaired) electrons. The third kappa shape index (κ3) is 3.93. The number of hydrogen-bond donors (Lipinski definition) is 2. The van der Waals surface area contributed by atoms with Crippen LogP contribution in [-0.2, 0) is 0 Å². The molecule has 0 saturated carbocycles. The lowest BCUT2D eigenvalue weighted by atomic mass is 10.2. The lowest BCUT2D eigenvalue weighted by molar-refractivity contribution is 0.0938. The van der Waals surface area contributed by atoms with Crippen molar-refractivity contribution in [2.75, 3.05) is 32.0 Å². The molecule has 1 atom stereocenters. The van der Waals surface area contributed by atoms with Gasteiger partial charge in [0.25, 0.3) is 5.91 Å². The van der Waals surface area contributed by atoms with E-state index in [4.69, 9.17) is 0 Å². The van der Waals surface area contributed by atoms with Gasteiger partial charge < -0.3 is 15.5 Å². The number of carbonyl (C=O) groups excluding carboxylic acids is 1. The molecule has 2 heterocycles. The lowest BCUT2D eigenvalue weighted by Crippen LogP contribution is -2.36. The Bertz CT molecular complexity index is 475. The van der Waals surface area contributed by atoms with Crippen molar-refractivity contribution < 1.29 is 4.79 Å². The van der Waals surface area contributed by atoms with E-state index in [9.17, 15) is 4.79 Å². The maximum absolute atomic E-state index is 12.3. The van der Waals surface area contributed by atoms with Gasteiger partial charge in [0, 0.05) is 30.4 Å². The Balaban J connectivity index is 2.03. The second-order valence-electron chi connectivity index (χ2n) is 5.53. The molecule has 110 valence electrons. The van der Waals surface area contributed by atoms with Crippen molar-refractivity contribution in [3.8, 4) is 0 Å². The second kappa shape index (κ2) is 6.70. The summed E-state index contributed by atoms with van der Waals surface area (Å²) in [6.07, 6.45) is 2.05. The molecule has 1 fully saturated rings. The first kappa shape index (κ1) is 14.8. The average molecular weight is 276 g/mol. The van der Waals surface area contributed by atoms with Gasteiger partial charge in [-0.3, -0.25) is 4.79 Å². The Kier molecular flexibility index (Phi) is 4.95. The van der Waals surface area contributed by atoms with E-state index in [1.165, 1.54) is 0 Å². The van der Waals surface area contributed by atoms with E-state index in [1.807, 2.05) is 19.1 Å². The van der Waals surface area contributed by atoms with Crippen molar-refractivity contribution in [1.82, 2.24) is 15.2 Å². The minimum atomic E-state index is -0.00431. The van der Waals surface area contributed by atoms with Crippen molar-refractivity contribution in [2.45, 2.75) is 32.7 Å². The molecule has 0 spiro atoms. The molecule has 1 aliphatic rings. The predicted molar refractivity (Wildman–Crippen MR) is 81.1 cm³/mol. The minimum absolute atomic E-state index is 0.00431. The first-order valence-electron chi connectivity index (χ1n) is 7.30. The van der Waals surface area contributed by atoms with Crippen LogP contribution in [0.5, 0.6) is 0 Å². The van der Waals surface area contributed by atoms with Crippen molar-refractivity contribution in [3.05, 3.63) is 23.4 Å². The third-order valence-electron chi connectivity index (χ3n) is 3.50. The van der Waals surface area contributed by atoms with E-state index >= 15 is 0 Å². The highest BCUT2D eigenvalue weighted by molar-refractivity contribution is 5.95. The summed E-state index contributed by atoms with van der Waals surface area (Å²) in [5.41, 5.74) is 1.55. The summed E-state index contributed by atoms with van der Waals surface area (Å²) in [6.45, 7) is 6.86. The van der Waals surface area contributed by atoms with Crippen LogP contribution in [0.3, 0.4) is 0 Å². The fourth-order valence-electron chi connectivity index (χ4n) is 2.46. The highest BCUT2D eigenvalue weighted by Gasteiger charge is 2.21. The topological polar surface area (TPSA) is 57.3 Å². The summed E-state index contributed by atoms with van der Waals surface area (Å²) in [5, 5.41) is 6.33. The molecular weight excluding hydrogens is 252 g/mol. The molecule has 20 heavy (non-hydrogen) atoms. The number of aryl methyl sites for hydroxylation is 1. The number of rotatable bonds is 5. The van der Waals surface area contributed by atoms with Gasteiger partial charge in [0.1, 0.15) is 5.82 Å². The molecule has 5 nitrogen and oxygen atoms in total. The number of likely N-dealkylation sites (N-methyl/N-ethyl adjacent to an activating group) is 1. The third-order valence-corrected chi connectivity index (χ3v) is 3.50. The molecule has 1 aromatic rings. The first-order chi connectivity index (χ1) is 9.58. The number of aromatic nitrogens is 1. The number of pyridine rings is 1. The maximum Gasteiger partial charge on any atom is 0.251 e. The zero-order valence-electron chi connectivity index (χ0n) is 12.6. The fourth-order valence-corrected chi connectivity index (χ4v) is 2.46. The van der Waals surface area contributed by atoms with Crippen LogP contribution in [0.2, 0.25) is 0 Å². The largest absolute Gasteiger partial charge is 0.370 e. The van der Waals surface area contributed by atoms with Gasteiger partial charge in [-0.1, -0.05) is 6.92 Å². The van der Waals surface area contributed by atoms with Crippen molar-refractivity contribution in [1.29, 1.82) is 0 Å². The molecule has 1 amide bonds. The molecule has 0 aliphatic carbocycles. The monoisotopic (exact) mass is 276 g/mol. The Labute approximate surface area is 120 Å². The van der Waals surface area contributed by atoms with E-state index in [1.54, 1.807) is 0 Å². The average Bonchev–Trinajstić information content (AvgIpc) is 2.81. The van der Waals surface area contributed by atoms with E-state index < -0.39 is 0 Å². The normalized spacial score (nSPS) is 19.1. The predicted octanol–water partition coefficient (Wildman–Crippen LogP) is 1.65. The van der Waals surface area contributed by atoms with Crippen LogP contribution in [0.1, 0.15) is 35.8 Å². The highest BCUT2D eigenvalue weighted by atomic mass is 16.1. The summed E-state index contributed by atoms with van der Waals surface area (Å²) < 4.78 is 0. The number of likely N-dealkylation sites (tertiary alicyclic amines) is 1. The van der Waals surface area contributed by atoms with Crippen LogP contribution in [0.25, 0.3) is 0 Å². The molecular formula is C15H24N4O. The van der Waals surface area contributed by atoms with E-state index in [2.05, 4.69) is 34.5 Å². The van der Waals surface area contributed by atoms with Gasteiger partial charge >= 0.3 is 0 Å². The van der Waals surface area contributed by atoms with E-state index in [-0.39, 0.29) is 11.9 Å². The highest BCUT2D eigenvalue weighted by Crippen LogP contribution is 2.12. The summed E-state index contributed by atoms with van der Waals surface area (Å²) >= 11 is 0. The molecule has 1 aliphatic heterocycles. The number of hydrogen-bond acceptors (Lipinski definition) is 4. The van der Waals surface area contributed by atoms with Crippen molar-refractivity contribution in [2.24, 2.45) is 0 Å². The molecule has 2 rings (SSSR count). The number of anilines is 1. The second-order valence-corrected chi connectivity index (χ2v) is 5.53. The zero-order valence-corrected chi connectivity index (χ0v) is 12.6. The van der Waals surface area contributed by atoms with Gasteiger partial charge in [-0.05, 0) is 45.5 Å². The smallest absolute Gasteiger partial charge is 0.251 e. The Morgan fingerprint density at radius 1 is 1.50 bits per heavy atom. The van der Waals surface area contributed by atoms with Crippen LogP contribution in [0.15, 0.2) is 12.1 Å². The van der Waals surface area contributed by atoms with Gasteiger partial charge in [-0.15, -0.1) is 0 Å². The van der Waals surface area contributed by atoms with Crippen molar-refractivity contribution in [3.63, 3.8) is 0 Å².